The van der Waals surface area contributed by atoms with E-state index in [4.69, 9.17) is 16.3 Å². The number of pyridine rings is 1. The van der Waals surface area contributed by atoms with Gasteiger partial charge in [0.15, 0.2) is 5.69 Å². The number of methoxy groups -OCH3 is 1. The standard InChI is InChI=1S/C23H29ClN2O3/c1-7-10-11-19-14(4)26(28)15(5)20(21(19)24)23(27)25-22-16(8-2)12-18(29-6)13-17(22)9-3/h7,10,12-13H,8-9,11H2,1-6H3,(H,25,27). The Morgan fingerprint density at radius 3 is 2.28 bits per heavy atom. The molecule has 2 rings (SSSR count). The van der Waals surface area contributed by atoms with Gasteiger partial charge in [-0.3, -0.25) is 4.79 Å². The first-order chi connectivity index (χ1) is 13.8. The first-order valence-corrected chi connectivity index (χ1v) is 10.2. The van der Waals surface area contributed by atoms with E-state index in [-0.39, 0.29) is 11.5 Å². The first kappa shape index (κ1) is 22.8. The molecule has 0 saturated carbocycles. The molecule has 1 aromatic heterocycles. The third-order valence-corrected chi connectivity index (χ3v) is 5.61. The minimum Gasteiger partial charge on any atom is -0.618 e. The average Bonchev–Trinajstić information content (AvgIpc) is 2.72. The fourth-order valence-corrected chi connectivity index (χ4v) is 3.87. The number of benzene rings is 1. The third-order valence-electron chi connectivity index (χ3n) is 5.19. The number of nitrogens with zero attached hydrogens (tertiary/aromatic N) is 1. The largest absolute Gasteiger partial charge is 0.618 e. The summed E-state index contributed by atoms with van der Waals surface area (Å²) >= 11 is 6.62. The number of amides is 1. The van der Waals surface area contributed by atoms with Crippen LogP contribution in [0.15, 0.2) is 24.3 Å². The summed E-state index contributed by atoms with van der Waals surface area (Å²) in [6, 6.07) is 3.84. The Labute approximate surface area is 177 Å². The molecular weight excluding hydrogens is 388 g/mol. The molecule has 0 aliphatic rings. The van der Waals surface area contributed by atoms with Gasteiger partial charge in [-0.15, -0.1) is 0 Å². The minimum atomic E-state index is -0.381. The van der Waals surface area contributed by atoms with E-state index in [0.717, 1.165) is 40.1 Å². The van der Waals surface area contributed by atoms with E-state index in [9.17, 15) is 10.0 Å². The Morgan fingerprint density at radius 1 is 1.21 bits per heavy atom. The van der Waals surface area contributed by atoms with Crippen molar-refractivity contribution in [2.75, 3.05) is 12.4 Å². The molecule has 0 aliphatic heterocycles. The van der Waals surface area contributed by atoms with Crippen molar-refractivity contribution in [3.05, 3.63) is 68.2 Å². The van der Waals surface area contributed by atoms with Gasteiger partial charge in [0.2, 0.25) is 5.69 Å². The van der Waals surface area contributed by atoms with Crippen molar-refractivity contribution in [2.45, 2.75) is 53.9 Å². The highest BCUT2D eigenvalue weighted by atomic mass is 35.5. The molecule has 5 nitrogen and oxygen atoms in total. The second kappa shape index (κ2) is 9.79. The molecule has 6 heteroatoms. The molecule has 0 fully saturated rings. The minimum absolute atomic E-state index is 0.215. The zero-order valence-electron chi connectivity index (χ0n) is 18.0. The van der Waals surface area contributed by atoms with Gasteiger partial charge in [-0.25, -0.2) is 0 Å². The van der Waals surface area contributed by atoms with Crippen LogP contribution < -0.4 is 14.8 Å². The van der Waals surface area contributed by atoms with Crippen LogP contribution in [0, 0.1) is 19.1 Å². The number of rotatable bonds is 7. The van der Waals surface area contributed by atoms with Gasteiger partial charge in [0.1, 0.15) is 11.3 Å². The monoisotopic (exact) mass is 416 g/mol. The van der Waals surface area contributed by atoms with Crippen LogP contribution >= 0.6 is 11.6 Å². The maximum absolute atomic E-state index is 13.2. The van der Waals surface area contributed by atoms with E-state index in [1.54, 1.807) is 21.0 Å². The van der Waals surface area contributed by atoms with Crippen LogP contribution in [0.1, 0.15) is 59.2 Å². The third kappa shape index (κ3) is 4.56. The van der Waals surface area contributed by atoms with Crippen LogP contribution in [0.25, 0.3) is 0 Å². The molecule has 2 aromatic rings. The summed E-state index contributed by atoms with van der Waals surface area (Å²) in [4.78, 5) is 13.2. The number of carbonyl (C=O) groups is 1. The van der Waals surface area contributed by atoms with Gasteiger partial charge in [-0.2, -0.15) is 4.73 Å². The second-order valence-electron chi connectivity index (χ2n) is 6.89. The number of hydrogen-bond donors (Lipinski definition) is 1. The number of halogens is 1. The molecule has 156 valence electrons. The molecule has 1 aromatic carbocycles. The van der Waals surface area contributed by atoms with Crippen LogP contribution in [-0.2, 0) is 19.3 Å². The number of anilines is 1. The fourth-order valence-electron chi connectivity index (χ4n) is 3.43. The van der Waals surface area contributed by atoms with Crippen LogP contribution in [0.5, 0.6) is 5.75 Å². The lowest BCUT2D eigenvalue weighted by molar-refractivity contribution is -0.619. The molecule has 0 atom stereocenters. The highest BCUT2D eigenvalue weighted by molar-refractivity contribution is 6.35. The van der Waals surface area contributed by atoms with Crippen LogP contribution in [0.4, 0.5) is 5.69 Å². The molecule has 1 N–H and O–H groups in total. The van der Waals surface area contributed by atoms with E-state index in [1.165, 1.54) is 0 Å². The number of allylic oxidation sites excluding steroid dienone is 2. The Balaban J connectivity index is 2.58. The highest BCUT2D eigenvalue weighted by Crippen LogP contribution is 2.31. The van der Waals surface area contributed by atoms with Crippen LogP contribution in [0.2, 0.25) is 5.02 Å². The van der Waals surface area contributed by atoms with E-state index < -0.39 is 0 Å². The molecule has 0 aliphatic carbocycles. The average molecular weight is 417 g/mol. The number of ether oxygens (including phenoxy) is 1. The molecule has 0 spiro atoms. The van der Waals surface area contributed by atoms with Crippen molar-refractivity contribution < 1.29 is 14.3 Å². The fraction of sp³-hybridized carbons (Fsp3) is 0.391. The maximum atomic E-state index is 13.2. The smallest absolute Gasteiger partial charge is 0.263 e. The quantitative estimate of drug-likeness (QED) is 0.388. The van der Waals surface area contributed by atoms with Crippen molar-refractivity contribution >= 4 is 23.2 Å². The van der Waals surface area contributed by atoms with E-state index in [2.05, 4.69) is 5.32 Å². The van der Waals surface area contributed by atoms with Gasteiger partial charge in [-0.05, 0) is 49.4 Å². The molecule has 0 radical (unpaired) electrons. The van der Waals surface area contributed by atoms with Gasteiger partial charge in [-0.1, -0.05) is 37.6 Å². The van der Waals surface area contributed by atoms with Gasteiger partial charge in [0, 0.05) is 25.1 Å². The van der Waals surface area contributed by atoms with Crippen molar-refractivity contribution in [3.8, 4) is 5.75 Å². The summed E-state index contributed by atoms with van der Waals surface area (Å²) in [6.45, 7) is 9.29. The summed E-state index contributed by atoms with van der Waals surface area (Å²) in [6.07, 6.45) is 5.76. The Hall–Kier alpha value is -2.53. The summed E-state index contributed by atoms with van der Waals surface area (Å²) in [5.74, 6) is 0.376. The zero-order valence-corrected chi connectivity index (χ0v) is 18.7. The van der Waals surface area contributed by atoms with Crippen molar-refractivity contribution in [1.82, 2.24) is 0 Å². The number of aromatic nitrogens is 1. The lowest BCUT2D eigenvalue weighted by Gasteiger charge is -2.19. The Morgan fingerprint density at radius 2 is 1.79 bits per heavy atom. The molecule has 0 unspecified atom stereocenters. The number of nitrogens with one attached hydrogen (secondary N) is 1. The number of aryl methyl sites for hydroxylation is 2. The van der Waals surface area contributed by atoms with E-state index in [1.807, 2.05) is 45.1 Å². The molecule has 29 heavy (non-hydrogen) atoms. The molecular formula is C23H29ClN2O3. The maximum Gasteiger partial charge on any atom is 0.263 e. The van der Waals surface area contributed by atoms with Gasteiger partial charge >= 0.3 is 0 Å². The second-order valence-corrected chi connectivity index (χ2v) is 7.27. The highest BCUT2D eigenvalue weighted by Gasteiger charge is 2.27. The summed E-state index contributed by atoms with van der Waals surface area (Å²) in [7, 11) is 1.63. The number of hydrogen-bond acceptors (Lipinski definition) is 3. The molecule has 1 heterocycles. The van der Waals surface area contributed by atoms with Crippen molar-refractivity contribution in [2.24, 2.45) is 0 Å². The SMILES string of the molecule is CC=CCc1c(Cl)c(C(=O)Nc2c(CC)cc(OC)cc2CC)c(C)[n+]([O-])c1C. The Bertz CT molecular complexity index is 927. The normalized spacial score (nSPS) is 11.1. The zero-order chi connectivity index (χ0) is 21.7. The summed E-state index contributed by atoms with van der Waals surface area (Å²) in [5.41, 5.74) is 4.38. The predicted molar refractivity (Wildman–Crippen MR) is 118 cm³/mol. The van der Waals surface area contributed by atoms with Crippen LogP contribution in [0.3, 0.4) is 0 Å². The number of carbonyl (C=O) groups excluding carboxylic acids is 1. The lowest BCUT2D eigenvalue weighted by Crippen LogP contribution is -2.38. The summed E-state index contributed by atoms with van der Waals surface area (Å²) < 4.78 is 6.17. The van der Waals surface area contributed by atoms with Gasteiger partial charge < -0.3 is 15.3 Å². The van der Waals surface area contributed by atoms with Gasteiger partial charge in [0.25, 0.3) is 5.91 Å². The molecule has 0 bridgehead atoms. The van der Waals surface area contributed by atoms with E-state index in [0.29, 0.717) is 28.4 Å². The van der Waals surface area contributed by atoms with Crippen molar-refractivity contribution in [1.29, 1.82) is 0 Å². The van der Waals surface area contributed by atoms with Gasteiger partial charge in [0.05, 0.1) is 12.1 Å². The summed E-state index contributed by atoms with van der Waals surface area (Å²) in [5, 5.41) is 16.0. The topological polar surface area (TPSA) is 65.3 Å². The lowest BCUT2D eigenvalue weighted by atomic mass is 10.0. The molecule has 1 amide bonds. The molecule has 0 saturated heterocycles. The first-order valence-electron chi connectivity index (χ1n) is 9.83. The van der Waals surface area contributed by atoms with Crippen LogP contribution in [-0.4, -0.2) is 13.0 Å². The van der Waals surface area contributed by atoms with E-state index >= 15 is 0 Å². The predicted octanol–water partition coefficient (Wildman–Crippen LogP) is 5.09. The Kier molecular flexibility index (Phi) is 7.68. The van der Waals surface area contributed by atoms with Crippen molar-refractivity contribution in [3.63, 3.8) is 0 Å².